The van der Waals surface area contributed by atoms with Crippen LogP contribution in [0.5, 0.6) is 0 Å². The topological polar surface area (TPSA) is 161 Å². The number of Topliss-reactive ketones (excluding diaryl/α,β-unsaturated/α-hetero) is 1. The minimum atomic E-state index is -0.953. The van der Waals surface area contributed by atoms with Gasteiger partial charge >= 0.3 is 0 Å². The van der Waals surface area contributed by atoms with E-state index in [0.29, 0.717) is 22.9 Å². The minimum absolute atomic E-state index is 0.0915. The van der Waals surface area contributed by atoms with Crippen molar-refractivity contribution < 1.29 is 29.0 Å². The molecule has 3 atom stereocenters. The monoisotopic (exact) mass is 494 g/mol. The number of fused-ring (bicyclic) bond motifs is 1. The Morgan fingerprint density at radius 3 is 2.08 bits per heavy atom. The highest BCUT2D eigenvalue weighted by Gasteiger charge is 2.52. The predicted molar refractivity (Wildman–Crippen MR) is 123 cm³/mol. The molecule has 4 rings (SSSR count). The summed E-state index contributed by atoms with van der Waals surface area (Å²) in [5.41, 5.74) is -1.01. The molecule has 1 saturated carbocycles. The van der Waals surface area contributed by atoms with E-state index < -0.39 is 51.7 Å². The number of nitrogens with zero attached hydrogens (tertiary/aromatic N) is 4. The first-order valence-electron chi connectivity index (χ1n) is 11.3. The van der Waals surface area contributed by atoms with Crippen molar-refractivity contribution in [3.05, 3.63) is 79.9 Å². The molecule has 0 N–H and O–H groups in total. The van der Waals surface area contributed by atoms with Crippen LogP contribution in [-0.2, 0) is 9.59 Å². The molecule has 2 fully saturated rings. The summed E-state index contributed by atoms with van der Waals surface area (Å²) in [5, 5.41) is 23.7. The molecule has 1 heterocycles. The number of imide groups is 1. The van der Waals surface area contributed by atoms with Gasteiger partial charge in [0.1, 0.15) is 6.54 Å². The van der Waals surface area contributed by atoms with Crippen LogP contribution in [-0.4, -0.2) is 49.9 Å². The summed E-state index contributed by atoms with van der Waals surface area (Å²) < 4.78 is 0. The Kier molecular flexibility index (Phi) is 6.60. The summed E-state index contributed by atoms with van der Waals surface area (Å²) in [6.07, 6.45) is 1.66. The van der Waals surface area contributed by atoms with Gasteiger partial charge in [-0.1, -0.05) is 25.1 Å². The SMILES string of the molecule is C[C@@H]1CC[C@@H]2C(=O)N(N(CC(=O)c3cccc([N+](=O)[O-])c3)C(=O)c3cccc([N+](=O)[O-])c3)C(=O)[C@@H]2C1. The Morgan fingerprint density at radius 2 is 1.47 bits per heavy atom. The van der Waals surface area contributed by atoms with E-state index in [1.807, 2.05) is 6.92 Å². The van der Waals surface area contributed by atoms with E-state index in [2.05, 4.69) is 0 Å². The maximum atomic E-state index is 13.5. The van der Waals surface area contributed by atoms with Gasteiger partial charge in [-0.15, -0.1) is 0 Å². The van der Waals surface area contributed by atoms with Crippen LogP contribution >= 0.6 is 0 Å². The van der Waals surface area contributed by atoms with E-state index in [1.54, 1.807) is 0 Å². The van der Waals surface area contributed by atoms with E-state index in [1.165, 1.54) is 36.4 Å². The van der Waals surface area contributed by atoms with Crippen molar-refractivity contribution in [3.8, 4) is 0 Å². The maximum absolute atomic E-state index is 13.5. The second kappa shape index (κ2) is 9.64. The first kappa shape index (κ1) is 24.6. The largest absolute Gasteiger partial charge is 0.292 e. The molecule has 2 aromatic rings. The highest BCUT2D eigenvalue weighted by molar-refractivity contribution is 6.09. The van der Waals surface area contributed by atoms with E-state index in [-0.39, 0.29) is 28.4 Å². The zero-order chi connectivity index (χ0) is 26.1. The number of non-ortho nitro benzene ring substituents is 2. The third kappa shape index (κ3) is 4.57. The van der Waals surface area contributed by atoms with Gasteiger partial charge < -0.3 is 0 Å². The fourth-order valence-electron chi connectivity index (χ4n) is 4.77. The van der Waals surface area contributed by atoms with Crippen LogP contribution in [0.3, 0.4) is 0 Å². The van der Waals surface area contributed by atoms with E-state index in [9.17, 15) is 39.4 Å². The number of rotatable bonds is 7. The van der Waals surface area contributed by atoms with Gasteiger partial charge in [0.15, 0.2) is 5.78 Å². The average Bonchev–Trinajstić information content (AvgIpc) is 3.11. The fourth-order valence-corrected chi connectivity index (χ4v) is 4.77. The summed E-state index contributed by atoms with van der Waals surface area (Å²) in [6, 6.07) is 9.59. The number of nitro benzene ring substituents is 2. The number of hydrogen-bond acceptors (Lipinski definition) is 8. The first-order chi connectivity index (χ1) is 17.1. The Hall–Kier alpha value is -4.48. The van der Waals surface area contributed by atoms with E-state index >= 15 is 0 Å². The third-order valence-corrected chi connectivity index (χ3v) is 6.62. The van der Waals surface area contributed by atoms with Crippen molar-refractivity contribution in [2.45, 2.75) is 26.2 Å². The number of hydrazine groups is 1. The van der Waals surface area contributed by atoms with Gasteiger partial charge in [-0.25, -0.2) is 5.01 Å². The summed E-state index contributed by atoms with van der Waals surface area (Å²) in [7, 11) is 0. The molecule has 1 aliphatic heterocycles. The smallest absolute Gasteiger partial charge is 0.273 e. The Bertz CT molecular complexity index is 1290. The van der Waals surface area contributed by atoms with Crippen LogP contribution < -0.4 is 0 Å². The van der Waals surface area contributed by atoms with Crippen LogP contribution in [0, 0.1) is 38.0 Å². The van der Waals surface area contributed by atoms with Gasteiger partial charge in [0.25, 0.3) is 29.1 Å². The van der Waals surface area contributed by atoms with Crippen LogP contribution in [0.2, 0.25) is 0 Å². The molecule has 3 amide bonds. The Balaban J connectivity index is 1.72. The van der Waals surface area contributed by atoms with Crippen molar-refractivity contribution in [2.24, 2.45) is 17.8 Å². The van der Waals surface area contributed by atoms with E-state index in [0.717, 1.165) is 18.6 Å². The van der Waals surface area contributed by atoms with Crippen LogP contribution in [0.1, 0.15) is 46.9 Å². The summed E-state index contributed by atoms with van der Waals surface area (Å²) in [6.45, 7) is 1.20. The molecule has 1 aliphatic carbocycles. The van der Waals surface area contributed by atoms with Crippen molar-refractivity contribution in [1.29, 1.82) is 0 Å². The zero-order valence-corrected chi connectivity index (χ0v) is 19.2. The zero-order valence-electron chi connectivity index (χ0n) is 19.2. The van der Waals surface area contributed by atoms with Gasteiger partial charge in [0.05, 0.1) is 21.7 Å². The van der Waals surface area contributed by atoms with Crippen molar-refractivity contribution in [2.75, 3.05) is 6.54 Å². The van der Waals surface area contributed by atoms with Gasteiger partial charge in [0, 0.05) is 35.4 Å². The molecule has 186 valence electrons. The molecule has 0 bridgehead atoms. The van der Waals surface area contributed by atoms with E-state index in [4.69, 9.17) is 0 Å². The third-order valence-electron chi connectivity index (χ3n) is 6.62. The predicted octanol–water partition coefficient (Wildman–Crippen LogP) is 3.16. The second-order valence-electron chi connectivity index (χ2n) is 9.02. The molecule has 2 aromatic carbocycles. The lowest BCUT2D eigenvalue weighted by Crippen LogP contribution is -2.52. The standard InChI is InChI=1S/C24H22N4O8/c1-14-8-9-19-20(10-14)24(32)26(23(19)31)25(22(30)16-5-3-7-18(12-16)28(35)36)13-21(29)15-4-2-6-17(11-15)27(33)34/h2-7,11-12,14,19-20H,8-10,13H2,1H3/t14-,19+,20-/m1/s1. The van der Waals surface area contributed by atoms with Gasteiger partial charge in [-0.2, -0.15) is 5.01 Å². The number of amides is 3. The first-order valence-corrected chi connectivity index (χ1v) is 11.3. The van der Waals surface area contributed by atoms with Crippen LogP contribution in [0.4, 0.5) is 11.4 Å². The normalized spacial score (nSPS) is 21.1. The molecule has 1 saturated heterocycles. The fraction of sp³-hybridized carbons (Fsp3) is 0.333. The molecule has 0 aromatic heterocycles. The number of nitro groups is 2. The number of carbonyl (C=O) groups excluding carboxylic acids is 4. The minimum Gasteiger partial charge on any atom is -0.292 e. The molecule has 12 nitrogen and oxygen atoms in total. The summed E-state index contributed by atoms with van der Waals surface area (Å²) in [4.78, 5) is 74.2. The molecular formula is C24H22N4O8. The van der Waals surface area contributed by atoms with Gasteiger partial charge in [-0.3, -0.25) is 39.4 Å². The summed E-state index contributed by atoms with van der Waals surface area (Å²) in [5.74, 6) is -3.97. The number of benzene rings is 2. The summed E-state index contributed by atoms with van der Waals surface area (Å²) >= 11 is 0. The Labute approximate surface area is 204 Å². The number of ketones is 1. The second-order valence-corrected chi connectivity index (χ2v) is 9.02. The van der Waals surface area contributed by atoms with Crippen LogP contribution in [0.25, 0.3) is 0 Å². The highest BCUT2D eigenvalue weighted by Crippen LogP contribution is 2.41. The molecular weight excluding hydrogens is 472 g/mol. The number of hydrogen-bond donors (Lipinski definition) is 0. The highest BCUT2D eigenvalue weighted by atomic mass is 16.6. The van der Waals surface area contributed by atoms with Gasteiger partial charge in [-0.05, 0) is 31.2 Å². The van der Waals surface area contributed by atoms with Crippen molar-refractivity contribution in [1.82, 2.24) is 10.0 Å². The van der Waals surface area contributed by atoms with Crippen LogP contribution in [0.15, 0.2) is 48.5 Å². The molecule has 36 heavy (non-hydrogen) atoms. The quantitative estimate of drug-likeness (QED) is 0.245. The lowest BCUT2D eigenvalue weighted by atomic mass is 9.76. The number of carbonyl (C=O) groups is 4. The lowest BCUT2D eigenvalue weighted by molar-refractivity contribution is -0.385. The van der Waals surface area contributed by atoms with Crippen molar-refractivity contribution >= 4 is 34.9 Å². The van der Waals surface area contributed by atoms with Gasteiger partial charge in [0.2, 0.25) is 0 Å². The molecule has 0 unspecified atom stereocenters. The maximum Gasteiger partial charge on any atom is 0.273 e. The lowest BCUT2D eigenvalue weighted by Gasteiger charge is -2.30. The molecule has 0 radical (unpaired) electrons. The Morgan fingerprint density at radius 1 is 0.917 bits per heavy atom. The molecule has 2 aliphatic rings. The van der Waals surface area contributed by atoms with Crippen molar-refractivity contribution in [3.63, 3.8) is 0 Å². The average molecular weight is 494 g/mol. The molecule has 12 heteroatoms. The molecule has 0 spiro atoms.